The van der Waals surface area contributed by atoms with Gasteiger partial charge in [-0.15, -0.1) is 11.3 Å². The molecule has 1 heterocycles. The zero-order chi connectivity index (χ0) is 13.1. The molecule has 0 aliphatic heterocycles. The summed E-state index contributed by atoms with van der Waals surface area (Å²) in [6.07, 6.45) is 1.41. The second-order valence-corrected chi connectivity index (χ2v) is 4.93. The molecule has 0 aliphatic rings. The van der Waals surface area contributed by atoms with Crippen LogP contribution in [0.15, 0.2) is 35.7 Å². The van der Waals surface area contributed by atoms with Crippen molar-refractivity contribution in [2.24, 2.45) is 0 Å². The fourth-order valence-electron chi connectivity index (χ4n) is 1.50. The van der Waals surface area contributed by atoms with Gasteiger partial charge in [0.25, 0.3) is 0 Å². The van der Waals surface area contributed by atoms with Gasteiger partial charge in [-0.25, -0.2) is 9.18 Å². The molecule has 18 heavy (non-hydrogen) atoms. The van der Waals surface area contributed by atoms with Gasteiger partial charge in [-0.05, 0) is 41.3 Å². The van der Waals surface area contributed by atoms with Crippen LogP contribution in [-0.2, 0) is 4.79 Å². The van der Waals surface area contributed by atoms with Crippen molar-refractivity contribution in [2.45, 2.75) is 0 Å². The molecule has 2 rings (SSSR count). The van der Waals surface area contributed by atoms with E-state index in [1.54, 1.807) is 17.5 Å². The van der Waals surface area contributed by atoms with Crippen LogP contribution in [0.25, 0.3) is 11.6 Å². The fourth-order valence-corrected chi connectivity index (χ4v) is 2.46. The predicted molar refractivity (Wildman–Crippen MR) is 71.2 cm³/mol. The van der Waals surface area contributed by atoms with Crippen LogP contribution in [-0.4, -0.2) is 11.1 Å². The topological polar surface area (TPSA) is 37.3 Å². The van der Waals surface area contributed by atoms with Crippen LogP contribution in [0.1, 0.15) is 10.4 Å². The molecule has 0 fully saturated rings. The molecular weight excluding hydrogens is 275 g/mol. The third kappa shape index (κ3) is 2.97. The fraction of sp³-hybridized carbons (Fsp3) is 0. The highest BCUT2D eigenvalue weighted by Crippen LogP contribution is 2.24. The molecule has 5 heteroatoms. The Morgan fingerprint density at radius 3 is 2.72 bits per heavy atom. The first-order valence-corrected chi connectivity index (χ1v) is 6.27. The predicted octanol–water partition coefficient (Wildman–Crippen LogP) is 4.17. The van der Waals surface area contributed by atoms with E-state index in [2.05, 4.69) is 0 Å². The third-order valence-corrected chi connectivity index (χ3v) is 3.33. The van der Waals surface area contributed by atoms with E-state index in [4.69, 9.17) is 16.7 Å². The number of rotatable bonds is 3. The molecular formula is C13H8ClFO2S. The maximum absolute atomic E-state index is 13.2. The first-order chi connectivity index (χ1) is 8.56. The summed E-state index contributed by atoms with van der Waals surface area (Å²) in [4.78, 5) is 11.8. The smallest absolute Gasteiger partial charge is 0.337 e. The van der Waals surface area contributed by atoms with Gasteiger partial charge in [0, 0.05) is 9.90 Å². The quantitative estimate of drug-likeness (QED) is 0.858. The Balaban J connectivity index is 2.48. The summed E-state index contributed by atoms with van der Waals surface area (Å²) in [5, 5.41) is 11.2. The van der Waals surface area contributed by atoms with Crippen molar-refractivity contribution in [2.75, 3.05) is 0 Å². The highest BCUT2D eigenvalue weighted by Gasteiger charge is 2.11. The summed E-state index contributed by atoms with van der Waals surface area (Å²) in [6, 6.07) is 7.38. The number of carboxylic acid groups (broad SMARTS) is 1. The van der Waals surface area contributed by atoms with Crippen molar-refractivity contribution in [1.29, 1.82) is 0 Å². The van der Waals surface area contributed by atoms with E-state index in [-0.39, 0.29) is 10.6 Å². The zero-order valence-corrected chi connectivity index (χ0v) is 10.6. The molecule has 1 N–H and O–H groups in total. The SMILES string of the molecule is O=C(O)/C(=C/c1cc(F)cc(Cl)c1)c1cccs1. The van der Waals surface area contributed by atoms with Crippen LogP contribution in [0.4, 0.5) is 4.39 Å². The van der Waals surface area contributed by atoms with Gasteiger partial charge in [-0.3, -0.25) is 0 Å². The molecule has 0 atom stereocenters. The van der Waals surface area contributed by atoms with Crippen LogP contribution in [0.5, 0.6) is 0 Å². The van der Waals surface area contributed by atoms with Crippen LogP contribution in [0, 0.1) is 5.82 Å². The Hall–Kier alpha value is -1.65. The van der Waals surface area contributed by atoms with Crippen LogP contribution in [0.2, 0.25) is 5.02 Å². The van der Waals surface area contributed by atoms with Crippen molar-refractivity contribution in [3.63, 3.8) is 0 Å². The minimum atomic E-state index is -1.06. The summed E-state index contributed by atoms with van der Waals surface area (Å²) in [5.41, 5.74) is 0.539. The minimum absolute atomic E-state index is 0.117. The first kappa shape index (κ1) is 12.8. The zero-order valence-electron chi connectivity index (χ0n) is 9.06. The van der Waals surface area contributed by atoms with Crippen LogP contribution in [0.3, 0.4) is 0 Å². The van der Waals surface area contributed by atoms with Gasteiger partial charge < -0.3 is 5.11 Å². The molecule has 0 amide bonds. The van der Waals surface area contributed by atoms with Crippen molar-refractivity contribution in [1.82, 2.24) is 0 Å². The number of thiophene rings is 1. The third-order valence-electron chi connectivity index (χ3n) is 2.21. The molecule has 92 valence electrons. The largest absolute Gasteiger partial charge is 0.478 e. The highest BCUT2D eigenvalue weighted by molar-refractivity contribution is 7.11. The maximum atomic E-state index is 13.2. The summed E-state index contributed by atoms with van der Waals surface area (Å²) >= 11 is 7.04. The summed E-state index contributed by atoms with van der Waals surface area (Å²) in [5.74, 6) is -1.55. The molecule has 1 aromatic carbocycles. The summed E-state index contributed by atoms with van der Waals surface area (Å²) in [6.45, 7) is 0. The number of carboxylic acids is 1. The highest BCUT2D eigenvalue weighted by atomic mass is 35.5. The van der Waals surface area contributed by atoms with Gasteiger partial charge in [0.2, 0.25) is 0 Å². The number of hydrogen-bond donors (Lipinski definition) is 1. The van der Waals surface area contributed by atoms with Gasteiger partial charge in [0.15, 0.2) is 0 Å². The average Bonchev–Trinajstić information content (AvgIpc) is 2.77. The van der Waals surface area contributed by atoms with Crippen LogP contribution >= 0.6 is 22.9 Å². The van der Waals surface area contributed by atoms with Gasteiger partial charge >= 0.3 is 5.97 Å². The summed E-state index contributed by atoms with van der Waals surface area (Å²) < 4.78 is 13.2. The lowest BCUT2D eigenvalue weighted by atomic mass is 10.1. The number of halogens is 2. The van der Waals surface area contributed by atoms with E-state index in [1.807, 2.05) is 0 Å². The van der Waals surface area contributed by atoms with Gasteiger partial charge in [-0.1, -0.05) is 17.7 Å². The number of aliphatic carboxylic acids is 1. The lowest BCUT2D eigenvalue weighted by Gasteiger charge is -2.01. The molecule has 0 unspecified atom stereocenters. The average molecular weight is 283 g/mol. The Bertz CT molecular complexity index is 585. The van der Waals surface area contributed by atoms with Crippen LogP contribution < -0.4 is 0 Å². The van der Waals surface area contributed by atoms with Crippen molar-refractivity contribution in [3.05, 3.63) is 57.0 Å². The number of hydrogen-bond acceptors (Lipinski definition) is 2. The molecule has 0 saturated heterocycles. The normalized spacial score (nSPS) is 11.6. The molecule has 2 aromatic rings. The second-order valence-electron chi connectivity index (χ2n) is 3.54. The first-order valence-electron chi connectivity index (χ1n) is 5.01. The Morgan fingerprint density at radius 1 is 1.39 bits per heavy atom. The molecule has 0 spiro atoms. The van der Waals surface area contributed by atoms with Gasteiger partial charge in [0.1, 0.15) is 5.82 Å². The van der Waals surface area contributed by atoms with E-state index in [0.717, 1.165) is 0 Å². The Labute approximate surface area is 112 Å². The van der Waals surface area contributed by atoms with Crippen molar-refractivity contribution in [3.8, 4) is 0 Å². The second kappa shape index (κ2) is 5.33. The summed E-state index contributed by atoms with van der Waals surface area (Å²) in [7, 11) is 0. The number of carbonyl (C=O) groups is 1. The minimum Gasteiger partial charge on any atom is -0.478 e. The Morgan fingerprint density at radius 2 is 2.17 bits per heavy atom. The number of benzene rings is 1. The lowest BCUT2D eigenvalue weighted by molar-refractivity contribution is -0.130. The van der Waals surface area contributed by atoms with E-state index in [9.17, 15) is 9.18 Å². The molecule has 0 bridgehead atoms. The molecule has 1 aromatic heterocycles. The van der Waals surface area contributed by atoms with E-state index >= 15 is 0 Å². The van der Waals surface area contributed by atoms with E-state index in [0.29, 0.717) is 10.4 Å². The molecule has 0 radical (unpaired) electrons. The standard InChI is InChI=1S/C13H8ClFO2S/c14-9-4-8(5-10(15)7-9)6-11(13(16)17)12-2-1-3-18-12/h1-7H,(H,16,17)/b11-6+. The van der Waals surface area contributed by atoms with Gasteiger partial charge in [-0.2, -0.15) is 0 Å². The van der Waals surface area contributed by atoms with Crippen molar-refractivity contribution >= 4 is 40.6 Å². The molecule has 0 saturated carbocycles. The Kier molecular flexibility index (Phi) is 3.79. The monoisotopic (exact) mass is 282 g/mol. The lowest BCUT2D eigenvalue weighted by Crippen LogP contribution is -1.97. The van der Waals surface area contributed by atoms with Crippen molar-refractivity contribution < 1.29 is 14.3 Å². The van der Waals surface area contributed by atoms with Gasteiger partial charge in [0.05, 0.1) is 5.57 Å². The maximum Gasteiger partial charge on any atom is 0.337 e. The van der Waals surface area contributed by atoms with E-state index < -0.39 is 11.8 Å². The molecule has 2 nitrogen and oxygen atoms in total. The van der Waals surface area contributed by atoms with E-state index in [1.165, 1.54) is 35.6 Å². The molecule has 0 aliphatic carbocycles.